The first kappa shape index (κ1) is 11.9. The van der Waals surface area contributed by atoms with E-state index in [4.69, 9.17) is 5.73 Å². The highest BCUT2D eigenvalue weighted by molar-refractivity contribution is 5.27. The second kappa shape index (κ2) is 5.64. The van der Waals surface area contributed by atoms with Crippen LogP contribution in [0.25, 0.3) is 0 Å². The summed E-state index contributed by atoms with van der Waals surface area (Å²) in [6.45, 7) is 3.63. The molecule has 17 heavy (non-hydrogen) atoms. The van der Waals surface area contributed by atoms with E-state index >= 15 is 0 Å². The van der Waals surface area contributed by atoms with Gasteiger partial charge in [-0.15, -0.1) is 0 Å². The molecule has 0 amide bonds. The standard InChI is InChI=1S/C14H19N3/c1-2-5-14-16-8-9-17(14)11-13-7-4-3-6-12(13)10-15/h3-4,6-9H,2,5,10-11,15H2,1H3. The van der Waals surface area contributed by atoms with Crippen molar-refractivity contribution in [2.75, 3.05) is 0 Å². The van der Waals surface area contributed by atoms with Gasteiger partial charge in [0, 0.05) is 31.9 Å². The van der Waals surface area contributed by atoms with Crippen molar-refractivity contribution < 1.29 is 0 Å². The molecule has 0 bridgehead atoms. The van der Waals surface area contributed by atoms with Gasteiger partial charge in [-0.25, -0.2) is 4.98 Å². The third kappa shape index (κ3) is 2.74. The van der Waals surface area contributed by atoms with E-state index in [0.29, 0.717) is 6.54 Å². The van der Waals surface area contributed by atoms with Gasteiger partial charge in [0.2, 0.25) is 0 Å². The highest BCUT2D eigenvalue weighted by Crippen LogP contribution is 2.12. The maximum absolute atomic E-state index is 5.75. The Kier molecular flexibility index (Phi) is 3.94. The van der Waals surface area contributed by atoms with Crippen molar-refractivity contribution in [1.29, 1.82) is 0 Å². The third-order valence-electron chi connectivity index (χ3n) is 2.95. The molecule has 1 heterocycles. The Morgan fingerprint density at radius 3 is 2.71 bits per heavy atom. The molecule has 1 aromatic carbocycles. The topological polar surface area (TPSA) is 43.8 Å². The van der Waals surface area contributed by atoms with Crippen LogP contribution in [-0.2, 0) is 19.5 Å². The summed E-state index contributed by atoms with van der Waals surface area (Å²) in [5, 5.41) is 0. The van der Waals surface area contributed by atoms with Gasteiger partial charge in [-0.3, -0.25) is 0 Å². The second-order valence-electron chi connectivity index (χ2n) is 4.19. The lowest BCUT2D eigenvalue weighted by Gasteiger charge is -2.10. The van der Waals surface area contributed by atoms with Gasteiger partial charge in [0.15, 0.2) is 0 Å². The summed E-state index contributed by atoms with van der Waals surface area (Å²) >= 11 is 0. The van der Waals surface area contributed by atoms with Gasteiger partial charge in [-0.05, 0) is 17.5 Å². The van der Waals surface area contributed by atoms with Crippen LogP contribution in [0.3, 0.4) is 0 Å². The number of nitrogens with zero attached hydrogens (tertiary/aromatic N) is 2. The lowest BCUT2D eigenvalue weighted by Crippen LogP contribution is -2.08. The number of imidazole rings is 1. The van der Waals surface area contributed by atoms with Crippen molar-refractivity contribution in [1.82, 2.24) is 9.55 Å². The first-order valence-corrected chi connectivity index (χ1v) is 6.12. The minimum Gasteiger partial charge on any atom is -0.331 e. The monoisotopic (exact) mass is 229 g/mol. The van der Waals surface area contributed by atoms with Crippen LogP contribution in [0.1, 0.15) is 30.3 Å². The van der Waals surface area contributed by atoms with Gasteiger partial charge in [0.25, 0.3) is 0 Å². The third-order valence-corrected chi connectivity index (χ3v) is 2.95. The Morgan fingerprint density at radius 2 is 2.00 bits per heavy atom. The SMILES string of the molecule is CCCc1nccn1Cc1ccccc1CN. The molecule has 0 unspecified atom stereocenters. The molecule has 0 saturated carbocycles. The number of hydrogen-bond donors (Lipinski definition) is 1. The quantitative estimate of drug-likeness (QED) is 0.855. The summed E-state index contributed by atoms with van der Waals surface area (Å²) in [6.07, 6.45) is 6.06. The summed E-state index contributed by atoms with van der Waals surface area (Å²) in [6, 6.07) is 8.32. The fourth-order valence-corrected chi connectivity index (χ4v) is 2.03. The molecule has 2 rings (SSSR count). The van der Waals surface area contributed by atoms with Crippen molar-refractivity contribution in [3.63, 3.8) is 0 Å². The van der Waals surface area contributed by atoms with E-state index < -0.39 is 0 Å². The molecule has 2 aromatic rings. The van der Waals surface area contributed by atoms with Gasteiger partial charge in [0.1, 0.15) is 5.82 Å². The van der Waals surface area contributed by atoms with Gasteiger partial charge < -0.3 is 10.3 Å². The molecule has 0 spiro atoms. The normalized spacial score (nSPS) is 10.7. The van der Waals surface area contributed by atoms with E-state index in [2.05, 4.69) is 34.7 Å². The molecule has 0 fully saturated rings. The van der Waals surface area contributed by atoms with Crippen molar-refractivity contribution >= 4 is 0 Å². The highest BCUT2D eigenvalue weighted by Gasteiger charge is 2.05. The largest absolute Gasteiger partial charge is 0.331 e. The van der Waals surface area contributed by atoms with E-state index in [1.807, 2.05) is 18.5 Å². The molecule has 90 valence electrons. The molecule has 0 saturated heterocycles. The van der Waals surface area contributed by atoms with E-state index in [1.165, 1.54) is 11.1 Å². The van der Waals surface area contributed by atoms with Gasteiger partial charge >= 0.3 is 0 Å². The van der Waals surface area contributed by atoms with Gasteiger partial charge in [0.05, 0.1) is 0 Å². The predicted octanol–water partition coefficient (Wildman–Crippen LogP) is 2.34. The zero-order chi connectivity index (χ0) is 12.1. The first-order valence-electron chi connectivity index (χ1n) is 6.12. The molecule has 0 aliphatic rings. The highest BCUT2D eigenvalue weighted by atomic mass is 15.1. The van der Waals surface area contributed by atoms with E-state index in [1.54, 1.807) is 0 Å². The summed E-state index contributed by atoms with van der Waals surface area (Å²) < 4.78 is 2.21. The van der Waals surface area contributed by atoms with Crippen LogP contribution in [0.5, 0.6) is 0 Å². The summed E-state index contributed by atoms with van der Waals surface area (Å²) in [5.41, 5.74) is 8.25. The van der Waals surface area contributed by atoms with Crippen LogP contribution in [0.2, 0.25) is 0 Å². The Hall–Kier alpha value is -1.61. The van der Waals surface area contributed by atoms with Crippen molar-refractivity contribution in [3.05, 3.63) is 53.6 Å². The number of nitrogens with two attached hydrogens (primary N) is 1. The van der Waals surface area contributed by atoms with Crippen LogP contribution < -0.4 is 5.73 Å². The smallest absolute Gasteiger partial charge is 0.108 e. The fourth-order valence-electron chi connectivity index (χ4n) is 2.03. The minimum atomic E-state index is 0.591. The van der Waals surface area contributed by atoms with E-state index in [-0.39, 0.29) is 0 Å². The van der Waals surface area contributed by atoms with Crippen LogP contribution in [0.15, 0.2) is 36.7 Å². The van der Waals surface area contributed by atoms with Crippen LogP contribution in [-0.4, -0.2) is 9.55 Å². The molecule has 2 N–H and O–H groups in total. The minimum absolute atomic E-state index is 0.591. The molecular weight excluding hydrogens is 210 g/mol. The summed E-state index contributed by atoms with van der Waals surface area (Å²) in [4.78, 5) is 4.39. The molecule has 3 heteroatoms. The van der Waals surface area contributed by atoms with Crippen LogP contribution in [0.4, 0.5) is 0 Å². The zero-order valence-corrected chi connectivity index (χ0v) is 10.3. The Labute approximate surface area is 102 Å². The maximum atomic E-state index is 5.75. The van der Waals surface area contributed by atoms with Crippen LogP contribution in [0, 0.1) is 0 Å². The molecule has 3 nitrogen and oxygen atoms in total. The van der Waals surface area contributed by atoms with Crippen molar-refractivity contribution in [2.24, 2.45) is 5.73 Å². The van der Waals surface area contributed by atoms with Crippen LogP contribution >= 0.6 is 0 Å². The zero-order valence-electron chi connectivity index (χ0n) is 10.3. The number of rotatable bonds is 5. The Bertz CT molecular complexity index is 474. The second-order valence-corrected chi connectivity index (χ2v) is 4.19. The maximum Gasteiger partial charge on any atom is 0.108 e. The fraction of sp³-hybridized carbons (Fsp3) is 0.357. The summed E-state index contributed by atoms with van der Waals surface area (Å²) in [7, 11) is 0. The summed E-state index contributed by atoms with van der Waals surface area (Å²) in [5.74, 6) is 1.15. The molecule has 0 aliphatic carbocycles. The van der Waals surface area contributed by atoms with E-state index in [9.17, 15) is 0 Å². The number of hydrogen-bond acceptors (Lipinski definition) is 2. The van der Waals surface area contributed by atoms with Gasteiger partial charge in [-0.1, -0.05) is 31.2 Å². The number of aromatic nitrogens is 2. The predicted molar refractivity (Wildman–Crippen MR) is 69.7 cm³/mol. The molecular formula is C14H19N3. The lowest BCUT2D eigenvalue weighted by atomic mass is 10.1. The van der Waals surface area contributed by atoms with Crippen molar-refractivity contribution in [2.45, 2.75) is 32.9 Å². The number of aryl methyl sites for hydroxylation is 1. The average Bonchev–Trinajstić information content (AvgIpc) is 2.78. The lowest BCUT2D eigenvalue weighted by molar-refractivity contribution is 0.700. The number of benzene rings is 1. The average molecular weight is 229 g/mol. The van der Waals surface area contributed by atoms with E-state index in [0.717, 1.165) is 25.2 Å². The molecule has 0 radical (unpaired) electrons. The Balaban J connectivity index is 2.22. The van der Waals surface area contributed by atoms with Gasteiger partial charge in [-0.2, -0.15) is 0 Å². The Morgan fingerprint density at radius 1 is 1.24 bits per heavy atom. The molecule has 0 aliphatic heterocycles. The molecule has 0 atom stereocenters. The molecule has 1 aromatic heterocycles. The van der Waals surface area contributed by atoms with Crippen molar-refractivity contribution in [3.8, 4) is 0 Å². The first-order chi connectivity index (χ1) is 8.35.